The number of esters is 1. The highest BCUT2D eigenvalue weighted by Crippen LogP contribution is 2.32. The molecule has 0 bridgehead atoms. The standard InChI is InChI=1S/C19H24N4O6/c1-3-29-18(24)16-15(12-22-7-9-28-10-8-22)21(2)19(25)20-17(16)13-5-4-6-14(11-13)23(26)27/h4-6,11,17H,3,7-10,12H2,1-2H3,(H,20,25). The second-order valence-corrected chi connectivity index (χ2v) is 6.76. The van der Waals surface area contributed by atoms with Gasteiger partial charge in [0.1, 0.15) is 0 Å². The number of carbonyl (C=O) groups excluding carboxylic acids is 2. The molecule has 0 aliphatic carbocycles. The summed E-state index contributed by atoms with van der Waals surface area (Å²) >= 11 is 0. The van der Waals surface area contributed by atoms with Gasteiger partial charge in [-0.05, 0) is 12.5 Å². The molecule has 10 nitrogen and oxygen atoms in total. The van der Waals surface area contributed by atoms with Crippen molar-refractivity contribution in [1.82, 2.24) is 15.1 Å². The molecule has 29 heavy (non-hydrogen) atoms. The largest absolute Gasteiger partial charge is 0.463 e. The van der Waals surface area contributed by atoms with Gasteiger partial charge in [0, 0.05) is 44.5 Å². The second-order valence-electron chi connectivity index (χ2n) is 6.76. The van der Waals surface area contributed by atoms with Crippen molar-refractivity contribution in [3.63, 3.8) is 0 Å². The summed E-state index contributed by atoms with van der Waals surface area (Å²) < 4.78 is 10.6. The van der Waals surface area contributed by atoms with E-state index < -0.39 is 23.0 Å². The maximum atomic E-state index is 12.9. The number of nitrogens with zero attached hydrogens (tertiary/aromatic N) is 3. The number of urea groups is 1. The molecule has 0 saturated carbocycles. The Labute approximate surface area is 168 Å². The number of nitro benzene ring substituents is 1. The van der Waals surface area contributed by atoms with Gasteiger partial charge in [0.25, 0.3) is 5.69 Å². The van der Waals surface area contributed by atoms with Gasteiger partial charge in [-0.25, -0.2) is 9.59 Å². The van der Waals surface area contributed by atoms with Crippen LogP contribution in [0.4, 0.5) is 10.5 Å². The van der Waals surface area contributed by atoms with Crippen molar-refractivity contribution in [2.45, 2.75) is 13.0 Å². The van der Waals surface area contributed by atoms with Gasteiger partial charge in [0.2, 0.25) is 0 Å². The molecular formula is C19H24N4O6. The van der Waals surface area contributed by atoms with Crippen molar-refractivity contribution < 1.29 is 24.0 Å². The molecule has 1 unspecified atom stereocenters. The van der Waals surface area contributed by atoms with E-state index in [1.54, 1.807) is 20.0 Å². The zero-order valence-corrected chi connectivity index (χ0v) is 16.4. The number of hydrogen-bond donors (Lipinski definition) is 1. The number of benzene rings is 1. The van der Waals surface area contributed by atoms with E-state index in [-0.39, 0.29) is 17.9 Å². The number of ether oxygens (including phenoxy) is 2. The van der Waals surface area contributed by atoms with Crippen molar-refractivity contribution in [3.8, 4) is 0 Å². The minimum atomic E-state index is -0.839. The Kier molecular flexibility index (Phi) is 6.45. The lowest BCUT2D eigenvalue weighted by Crippen LogP contribution is -2.50. The summed E-state index contributed by atoms with van der Waals surface area (Å²) in [6.45, 7) is 4.75. The molecule has 1 aromatic carbocycles. The first-order valence-corrected chi connectivity index (χ1v) is 9.41. The third-order valence-electron chi connectivity index (χ3n) is 4.96. The third kappa shape index (κ3) is 4.54. The van der Waals surface area contributed by atoms with Crippen molar-refractivity contribution in [2.75, 3.05) is 46.5 Å². The Hall–Kier alpha value is -2.98. The Balaban J connectivity index is 2.07. The minimum absolute atomic E-state index is 0.117. The molecule has 1 atom stereocenters. The highest BCUT2D eigenvalue weighted by atomic mass is 16.6. The van der Waals surface area contributed by atoms with Gasteiger partial charge in [-0.3, -0.25) is 19.9 Å². The summed E-state index contributed by atoms with van der Waals surface area (Å²) in [6.07, 6.45) is 0. The highest BCUT2D eigenvalue weighted by Gasteiger charge is 2.37. The number of morpholine rings is 1. The van der Waals surface area contributed by atoms with Gasteiger partial charge in [-0.15, -0.1) is 0 Å². The van der Waals surface area contributed by atoms with Gasteiger partial charge >= 0.3 is 12.0 Å². The van der Waals surface area contributed by atoms with Crippen LogP contribution >= 0.6 is 0 Å². The van der Waals surface area contributed by atoms with Gasteiger partial charge < -0.3 is 14.8 Å². The zero-order chi connectivity index (χ0) is 21.0. The van der Waals surface area contributed by atoms with Crippen LogP contribution in [0.25, 0.3) is 0 Å². The average Bonchev–Trinajstić information content (AvgIpc) is 2.72. The number of hydrogen-bond acceptors (Lipinski definition) is 7. The molecule has 1 saturated heterocycles. The predicted octanol–water partition coefficient (Wildman–Crippen LogP) is 1.44. The lowest BCUT2D eigenvalue weighted by atomic mass is 9.94. The topological polar surface area (TPSA) is 114 Å². The molecule has 0 spiro atoms. The number of likely N-dealkylation sites (N-methyl/N-ethyl adjacent to an activating group) is 1. The monoisotopic (exact) mass is 404 g/mol. The number of carbonyl (C=O) groups is 2. The maximum Gasteiger partial charge on any atom is 0.338 e. The van der Waals surface area contributed by atoms with Crippen molar-refractivity contribution in [1.29, 1.82) is 0 Å². The van der Waals surface area contributed by atoms with Crippen LogP contribution < -0.4 is 5.32 Å². The molecule has 156 valence electrons. The summed E-state index contributed by atoms with van der Waals surface area (Å²) in [4.78, 5) is 39.7. The first-order chi connectivity index (χ1) is 13.9. The van der Waals surface area contributed by atoms with E-state index in [2.05, 4.69) is 10.2 Å². The van der Waals surface area contributed by atoms with Crippen LogP contribution in [0.1, 0.15) is 18.5 Å². The summed E-state index contributed by atoms with van der Waals surface area (Å²) in [5.74, 6) is -0.556. The Morgan fingerprint density at radius 3 is 2.76 bits per heavy atom. The molecule has 3 rings (SSSR count). The molecule has 2 aliphatic heterocycles. The van der Waals surface area contributed by atoms with Crippen LogP contribution in [-0.2, 0) is 14.3 Å². The third-order valence-corrected chi connectivity index (χ3v) is 4.96. The summed E-state index contributed by atoms with van der Waals surface area (Å²) in [5, 5.41) is 14.0. The van der Waals surface area contributed by atoms with E-state index in [9.17, 15) is 19.7 Å². The first-order valence-electron chi connectivity index (χ1n) is 9.41. The molecular weight excluding hydrogens is 380 g/mol. The molecule has 0 aromatic heterocycles. The Morgan fingerprint density at radius 2 is 2.10 bits per heavy atom. The Morgan fingerprint density at radius 1 is 1.38 bits per heavy atom. The van der Waals surface area contributed by atoms with Crippen LogP contribution in [0.5, 0.6) is 0 Å². The molecule has 2 heterocycles. The van der Waals surface area contributed by atoms with E-state index in [0.717, 1.165) is 0 Å². The number of nitro groups is 1. The fourth-order valence-electron chi connectivity index (χ4n) is 3.44. The lowest BCUT2D eigenvalue weighted by molar-refractivity contribution is -0.384. The average molecular weight is 404 g/mol. The normalized spacial score (nSPS) is 20.4. The van der Waals surface area contributed by atoms with Crippen LogP contribution in [0.15, 0.2) is 35.5 Å². The number of rotatable bonds is 6. The molecule has 10 heteroatoms. The fourth-order valence-corrected chi connectivity index (χ4v) is 3.44. The zero-order valence-electron chi connectivity index (χ0n) is 16.4. The molecule has 1 aromatic rings. The number of amides is 2. The van der Waals surface area contributed by atoms with Crippen LogP contribution in [0, 0.1) is 10.1 Å². The quantitative estimate of drug-likeness (QED) is 0.433. The van der Waals surface area contributed by atoms with E-state index in [1.807, 2.05) is 0 Å². The van der Waals surface area contributed by atoms with Crippen molar-refractivity contribution in [3.05, 3.63) is 51.2 Å². The van der Waals surface area contributed by atoms with Crippen LogP contribution in [-0.4, -0.2) is 73.2 Å². The molecule has 0 radical (unpaired) electrons. The van der Waals surface area contributed by atoms with Gasteiger partial charge in [-0.1, -0.05) is 12.1 Å². The van der Waals surface area contributed by atoms with Crippen molar-refractivity contribution >= 4 is 17.7 Å². The second kappa shape index (κ2) is 9.01. The summed E-state index contributed by atoms with van der Waals surface area (Å²) in [5.41, 5.74) is 1.13. The number of non-ortho nitro benzene ring substituents is 1. The maximum absolute atomic E-state index is 12.9. The molecule has 2 aliphatic rings. The number of nitrogens with one attached hydrogen (secondary N) is 1. The predicted molar refractivity (Wildman–Crippen MR) is 103 cm³/mol. The van der Waals surface area contributed by atoms with E-state index in [0.29, 0.717) is 44.1 Å². The Bertz CT molecular complexity index is 834. The lowest BCUT2D eigenvalue weighted by Gasteiger charge is -2.37. The van der Waals surface area contributed by atoms with Gasteiger partial charge in [-0.2, -0.15) is 0 Å². The molecule has 1 N–H and O–H groups in total. The smallest absolute Gasteiger partial charge is 0.338 e. The fraction of sp³-hybridized carbons (Fsp3) is 0.474. The summed E-state index contributed by atoms with van der Waals surface area (Å²) in [6, 6.07) is 4.67. The SMILES string of the molecule is CCOC(=O)C1=C(CN2CCOCC2)N(C)C(=O)NC1c1cccc([N+](=O)[O-])c1. The first kappa shape index (κ1) is 20.7. The van der Waals surface area contributed by atoms with E-state index in [1.165, 1.54) is 23.1 Å². The van der Waals surface area contributed by atoms with E-state index >= 15 is 0 Å². The van der Waals surface area contributed by atoms with Crippen molar-refractivity contribution in [2.24, 2.45) is 0 Å². The minimum Gasteiger partial charge on any atom is -0.463 e. The van der Waals surface area contributed by atoms with Crippen LogP contribution in [0.3, 0.4) is 0 Å². The van der Waals surface area contributed by atoms with Gasteiger partial charge in [0.05, 0.1) is 36.4 Å². The molecule has 1 fully saturated rings. The van der Waals surface area contributed by atoms with Gasteiger partial charge in [0.15, 0.2) is 0 Å². The molecule has 2 amide bonds. The summed E-state index contributed by atoms with van der Waals surface area (Å²) in [7, 11) is 1.59. The van der Waals surface area contributed by atoms with E-state index in [4.69, 9.17) is 9.47 Å². The highest BCUT2D eigenvalue weighted by molar-refractivity contribution is 5.95. The van der Waals surface area contributed by atoms with Crippen LogP contribution in [0.2, 0.25) is 0 Å².